The summed E-state index contributed by atoms with van der Waals surface area (Å²) < 4.78 is 6.95. The lowest BCUT2D eigenvalue weighted by atomic mass is 10.1. The zero-order valence-corrected chi connectivity index (χ0v) is 13.3. The maximum atomic E-state index is 12.2. The van der Waals surface area contributed by atoms with Gasteiger partial charge in [-0.25, -0.2) is 4.68 Å². The highest BCUT2D eigenvalue weighted by molar-refractivity contribution is 5.79. The van der Waals surface area contributed by atoms with Gasteiger partial charge in [0.25, 0.3) is 0 Å². The Balaban J connectivity index is 1.41. The van der Waals surface area contributed by atoms with E-state index in [2.05, 4.69) is 20.6 Å². The van der Waals surface area contributed by atoms with E-state index >= 15 is 0 Å². The lowest BCUT2D eigenvalue weighted by molar-refractivity contribution is -0.121. The lowest BCUT2D eigenvalue weighted by Crippen LogP contribution is -2.27. The van der Waals surface area contributed by atoms with Gasteiger partial charge in [0.2, 0.25) is 5.91 Å². The summed E-state index contributed by atoms with van der Waals surface area (Å²) in [7, 11) is 0. The first-order chi connectivity index (χ1) is 12.3. The van der Waals surface area contributed by atoms with Gasteiger partial charge in [0.05, 0.1) is 11.8 Å². The van der Waals surface area contributed by atoms with Gasteiger partial charge < -0.3 is 9.73 Å². The van der Waals surface area contributed by atoms with Crippen molar-refractivity contribution >= 4 is 16.9 Å². The Kier molecular flexibility index (Phi) is 3.96. The molecule has 0 aliphatic rings. The van der Waals surface area contributed by atoms with Crippen LogP contribution in [-0.2, 0) is 17.9 Å². The fraction of sp³-hybridized carbons (Fsp3) is 0.111. The average molecular weight is 333 g/mol. The Labute approximate surface area is 143 Å². The molecule has 3 heterocycles. The summed E-state index contributed by atoms with van der Waals surface area (Å²) in [5, 5.41) is 10.9. The molecule has 0 aliphatic carbocycles. The quantitative estimate of drug-likeness (QED) is 0.606. The van der Waals surface area contributed by atoms with Gasteiger partial charge in [0.15, 0.2) is 0 Å². The topological polar surface area (TPSA) is 85.8 Å². The van der Waals surface area contributed by atoms with Crippen molar-refractivity contribution in [3.63, 3.8) is 0 Å². The molecule has 4 rings (SSSR count). The molecule has 4 aromatic rings. The molecule has 1 N–H and O–H groups in total. The number of para-hydroxylation sites is 1. The van der Waals surface area contributed by atoms with Crippen LogP contribution < -0.4 is 5.32 Å². The van der Waals surface area contributed by atoms with Crippen molar-refractivity contribution in [1.82, 2.24) is 25.3 Å². The second-order valence-corrected chi connectivity index (χ2v) is 5.57. The first-order valence-electron chi connectivity index (χ1n) is 7.82. The number of nitrogens with zero attached hydrogens (tertiary/aromatic N) is 4. The minimum absolute atomic E-state index is 0.117. The maximum absolute atomic E-state index is 12.2. The average Bonchev–Trinajstić information content (AvgIpc) is 3.31. The molecule has 0 aliphatic heterocycles. The molecule has 25 heavy (non-hydrogen) atoms. The summed E-state index contributed by atoms with van der Waals surface area (Å²) in [6.45, 7) is 0.499. The Bertz CT molecular complexity index is 1010. The van der Waals surface area contributed by atoms with E-state index in [0.717, 1.165) is 27.9 Å². The first kappa shape index (κ1) is 15.1. The molecule has 3 aromatic heterocycles. The standard InChI is InChI=1S/C18H15N5O2/c24-18(12-23-16-5-2-1-4-15(16)21-22-23)20-10-13-8-14(11-19-9-13)17-6-3-7-25-17/h1-9,11H,10,12H2,(H,20,24). The van der Waals surface area contributed by atoms with Crippen molar-refractivity contribution in [2.45, 2.75) is 13.1 Å². The molecule has 1 aromatic carbocycles. The third-order valence-corrected chi connectivity index (χ3v) is 3.80. The van der Waals surface area contributed by atoms with Crippen LogP contribution >= 0.6 is 0 Å². The van der Waals surface area contributed by atoms with E-state index in [4.69, 9.17) is 4.42 Å². The number of amides is 1. The zero-order chi connectivity index (χ0) is 17.1. The second kappa shape index (κ2) is 6.56. The highest BCUT2D eigenvalue weighted by Gasteiger charge is 2.09. The van der Waals surface area contributed by atoms with Gasteiger partial charge in [-0.3, -0.25) is 9.78 Å². The van der Waals surface area contributed by atoms with Crippen LogP contribution in [0.3, 0.4) is 0 Å². The summed E-state index contributed by atoms with van der Waals surface area (Å²) in [5.74, 6) is 0.605. The fourth-order valence-corrected chi connectivity index (χ4v) is 2.59. The molecule has 0 atom stereocenters. The van der Waals surface area contributed by atoms with Gasteiger partial charge in [-0.2, -0.15) is 0 Å². The molecular weight excluding hydrogens is 318 g/mol. The summed E-state index contributed by atoms with van der Waals surface area (Å²) in [4.78, 5) is 16.4. The number of nitrogens with one attached hydrogen (secondary N) is 1. The molecule has 0 saturated heterocycles. The van der Waals surface area contributed by atoms with E-state index < -0.39 is 0 Å². The molecule has 7 heteroatoms. The molecular formula is C18H15N5O2. The molecule has 0 fully saturated rings. The van der Waals surface area contributed by atoms with Crippen LogP contribution in [0, 0.1) is 0 Å². The highest BCUT2D eigenvalue weighted by Crippen LogP contribution is 2.19. The molecule has 1 amide bonds. The summed E-state index contributed by atoms with van der Waals surface area (Å²) in [6.07, 6.45) is 5.06. The van der Waals surface area contributed by atoms with E-state index in [-0.39, 0.29) is 12.5 Å². The van der Waals surface area contributed by atoms with Gasteiger partial charge in [0.1, 0.15) is 17.8 Å². The molecule has 0 radical (unpaired) electrons. The number of carbonyl (C=O) groups is 1. The van der Waals surface area contributed by atoms with Crippen molar-refractivity contribution in [2.24, 2.45) is 0 Å². The largest absolute Gasteiger partial charge is 0.464 e. The number of hydrogen-bond donors (Lipinski definition) is 1. The summed E-state index contributed by atoms with van der Waals surface area (Å²) >= 11 is 0. The van der Waals surface area contributed by atoms with Gasteiger partial charge in [0, 0.05) is 24.5 Å². The number of rotatable bonds is 5. The van der Waals surface area contributed by atoms with Crippen molar-refractivity contribution in [3.8, 4) is 11.3 Å². The number of fused-ring (bicyclic) bond motifs is 1. The zero-order valence-electron chi connectivity index (χ0n) is 13.3. The molecule has 124 valence electrons. The predicted octanol–water partition coefficient (Wildman–Crippen LogP) is 2.40. The minimum atomic E-state index is -0.140. The third kappa shape index (κ3) is 3.25. The van der Waals surface area contributed by atoms with Gasteiger partial charge in [-0.05, 0) is 35.9 Å². The van der Waals surface area contributed by atoms with E-state index in [0.29, 0.717) is 6.54 Å². The van der Waals surface area contributed by atoms with E-state index in [9.17, 15) is 4.79 Å². The number of aromatic nitrogens is 4. The monoisotopic (exact) mass is 333 g/mol. The van der Waals surface area contributed by atoms with Crippen LogP contribution in [0.4, 0.5) is 0 Å². The Morgan fingerprint density at radius 2 is 2.08 bits per heavy atom. The smallest absolute Gasteiger partial charge is 0.242 e. The lowest BCUT2D eigenvalue weighted by Gasteiger charge is -2.06. The summed E-state index contributed by atoms with van der Waals surface area (Å²) in [6, 6.07) is 13.2. The van der Waals surface area contributed by atoms with Crippen molar-refractivity contribution < 1.29 is 9.21 Å². The van der Waals surface area contributed by atoms with Crippen LogP contribution in [0.5, 0.6) is 0 Å². The number of benzene rings is 1. The third-order valence-electron chi connectivity index (χ3n) is 3.80. The minimum Gasteiger partial charge on any atom is -0.464 e. The highest BCUT2D eigenvalue weighted by atomic mass is 16.3. The molecule has 0 spiro atoms. The van der Waals surface area contributed by atoms with E-state index in [1.54, 1.807) is 23.3 Å². The Morgan fingerprint density at radius 1 is 1.16 bits per heavy atom. The number of hydrogen-bond acceptors (Lipinski definition) is 5. The number of carbonyl (C=O) groups excluding carboxylic acids is 1. The van der Waals surface area contributed by atoms with Crippen molar-refractivity contribution in [2.75, 3.05) is 0 Å². The predicted molar refractivity (Wildman–Crippen MR) is 91.3 cm³/mol. The Morgan fingerprint density at radius 3 is 2.96 bits per heavy atom. The van der Waals surface area contributed by atoms with E-state index in [1.807, 2.05) is 42.5 Å². The molecule has 7 nitrogen and oxygen atoms in total. The normalized spacial score (nSPS) is 10.9. The molecule has 0 bridgehead atoms. The molecule has 0 saturated carbocycles. The van der Waals surface area contributed by atoms with Gasteiger partial charge in [-0.1, -0.05) is 17.3 Å². The van der Waals surface area contributed by atoms with Gasteiger partial charge in [-0.15, -0.1) is 5.10 Å². The van der Waals surface area contributed by atoms with Gasteiger partial charge >= 0.3 is 0 Å². The second-order valence-electron chi connectivity index (χ2n) is 5.57. The van der Waals surface area contributed by atoms with Crippen LogP contribution in [0.1, 0.15) is 5.56 Å². The van der Waals surface area contributed by atoms with Crippen molar-refractivity contribution in [1.29, 1.82) is 0 Å². The van der Waals surface area contributed by atoms with Crippen molar-refractivity contribution in [3.05, 3.63) is 66.7 Å². The summed E-state index contributed by atoms with van der Waals surface area (Å²) in [5.41, 5.74) is 3.37. The van der Waals surface area contributed by atoms with Crippen LogP contribution in [0.15, 0.2) is 65.5 Å². The Hall–Kier alpha value is -3.48. The van der Waals surface area contributed by atoms with Crippen LogP contribution in [0.25, 0.3) is 22.4 Å². The SMILES string of the molecule is O=C(Cn1nnc2ccccc21)NCc1cncc(-c2ccco2)c1. The number of pyridine rings is 1. The van der Waals surface area contributed by atoms with Crippen LogP contribution in [0.2, 0.25) is 0 Å². The fourth-order valence-electron chi connectivity index (χ4n) is 2.59. The van der Waals surface area contributed by atoms with Crippen LogP contribution in [-0.4, -0.2) is 25.9 Å². The molecule has 0 unspecified atom stereocenters. The first-order valence-corrected chi connectivity index (χ1v) is 7.82. The number of furan rings is 1. The maximum Gasteiger partial charge on any atom is 0.242 e. The van der Waals surface area contributed by atoms with E-state index in [1.165, 1.54) is 0 Å².